The molecule has 0 aromatic heterocycles. The lowest BCUT2D eigenvalue weighted by molar-refractivity contribution is -0.120. The molecule has 0 aromatic rings. The first-order valence-corrected chi connectivity index (χ1v) is 7.21. The average molecular weight is 257 g/mol. The first-order chi connectivity index (χ1) is 8.49. The molecule has 1 amide bonds. The van der Waals surface area contributed by atoms with Crippen molar-refractivity contribution in [2.75, 3.05) is 32.7 Å². The fourth-order valence-corrected chi connectivity index (χ4v) is 1.76. The van der Waals surface area contributed by atoms with Crippen molar-refractivity contribution in [2.24, 2.45) is 5.92 Å². The molecular formula is C14H31N3O. The molecule has 1 atom stereocenters. The predicted octanol–water partition coefficient (Wildman–Crippen LogP) is 1.47. The average Bonchev–Trinajstić information content (AvgIpc) is 2.33. The Kier molecular flexibility index (Phi) is 9.98. The van der Waals surface area contributed by atoms with E-state index in [1.54, 1.807) is 0 Å². The summed E-state index contributed by atoms with van der Waals surface area (Å²) in [5.74, 6) is 0.738. The van der Waals surface area contributed by atoms with Gasteiger partial charge in [-0.2, -0.15) is 0 Å². The highest BCUT2D eigenvalue weighted by molar-refractivity contribution is 5.77. The van der Waals surface area contributed by atoms with Crippen LogP contribution < -0.4 is 10.6 Å². The molecule has 4 heteroatoms. The number of amides is 1. The van der Waals surface area contributed by atoms with Gasteiger partial charge in [-0.25, -0.2) is 0 Å². The van der Waals surface area contributed by atoms with Crippen molar-refractivity contribution in [1.82, 2.24) is 15.5 Å². The zero-order valence-corrected chi connectivity index (χ0v) is 12.8. The van der Waals surface area contributed by atoms with Gasteiger partial charge in [0, 0.05) is 19.1 Å². The van der Waals surface area contributed by atoms with E-state index >= 15 is 0 Å². The molecule has 2 N–H and O–H groups in total. The SMILES string of the molecule is CCN(CC)CC(C)NCC(=O)NCCC(C)C. The Labute approximate surface area is 113 Å². The van der Waals surface area contributed by atoms with Crippen LogP contribution >= 0.6 is 0 Å². The summed E-state index contributed by atoms with van der Waals surface area (Å²) in [5.41, 5.74) is 0. The Morgan fingerprint density at radius 3 is 2.28 bits per heavy atom. The smallest absolute Gasteiger partial charge is 0.233 e. The van der Waals surface area contributed by atoms with E-state index in [0.29, 0.717) is 18.5 Å². The van der Waals surface area contributed by atoms with Gasteiger partial charge in [-0.15, -0.1) is 0 Å². The van der Waals surface area contributed by atoms with Crippen LogP contribution in [0.1, 0.15) is 41.0 Å². The van der Waals surface area contributed by atoms with Crippen LogP contribution in [-0.2, 0) is 4.79 Å². The van der Waals surface area contributed by atoms with E-state index in [4.69, 9.17) is 0 Å². The zero-order chi connectivity index (χ0) is 14.0. The van der Waals surface area contributed by atoms with Gasteiger partial charge < -0.3 is 15.5 Å². The molecule has 0 aliphatic heterocycles. The fraction of sp³-hybridized carbons (Fsp3) is 0.929. The summed E-state index contributed by atoms with van der Waals surface area (Å²) in [4.78, 5) is 13.9. The molecule has 1 unspecified atom stereocenters. The van der Waals surface area contributed by atoms with Crippen molar-refractivity contribution in [3.05, 3.63) is 0 Å². The highest BCUT2D eigenvalue weighted by atomic mass is 16.1. The van der Waals surface area contributed by atoms with Gasteiger partial charge >= 0.3 is 0 Å². The number of nitrogens with zero attached hydrogens (tertiary/aromatic N) is 1. The second-order valence-corrected chi connectivity index (χ2v) is 5.30. The lowest BCUT2D eigenvalue weighted by Crippen LogP contribution is -2.43. The monoisotopic (exact) mass is 257 g/mol. The van der Waals surface area contributed by atoms with Gasteiger partial charge in [0.15, 0.2) is 0 Å². The third-order valence-corrected chi connectivity index (χ3v) is 3.08. The van der Waals surface area contributed by atoms with Crippen molar-refractivity contribution >= 4 is 5.91 Å². The second-order valence-electron chi connectivity index (χ2n) is 5.30. The Bertz CT molecular complexity index is 215. The number of rotatable bonds is 10. The molecule has 0 radical (unpaired) electrons. The largest absolute Gasteiger partial charge is 0.355 e. The van der Waals surface area contributed by atoms with E-state index in [1.165, 1.54) is 0 Å². The van der Waals surface area contributed by atoms with Crippen molar-refractivity contribution in [3.63, 3.8) is 0 Å². The van der Waals surface area contributed by atoms with Crippen LogP contribution in [0.25, 0.3) is 0 Å². The highest BCUT2D eigenvalue weighted by Crippen LogP contribution is 1.96. The summed E-state index contributed by atoms with van der Waals surface area (Å²) < 4.78 is 0. The van der Waals surface area contributed by atoms with Crippen LogP contribution in [0.4, 0.5) is 0 Å². The molecule has 108 valence electrons. The van der Waals surface area contributed by atoms with Gasteiger partial charge in [0.05, 0.1) is 6.54 Å². The molecule has 0 rings (SSSR count). The van der Waals surface area contributed by atoms with Crippen molar-refractivity contribution in [3.8, 4) is 0 Å². The molecule has 0 saturated carbocycles. The zero-order valence-electron chi connectivity index (χ0n) is 12.8. The third-order valence-electron chi connectivity index (χ3n) is 3.08. The van der Waals surface area contributed by atoms with Crippen LogP contribution in [0.15, 0.2) is 0 Å². The van der Waals surface area contributed by atoms with E-state index < -0.39 is 0 Å². The topological polar surface area (TPSA) is 44.4 Å². The molecule has 0 bridgehead atoms. The number of hydrogen-bond acceptors (Lipinski definition) is 3. The van der Waals surface area contributed by atoms with Crippen LogP contribution in [0.3, 0.4) is 0 Å². The standard InChI is InChI=1S/C14H31N3O/c1-6-17(7-2)11-13(5)16-10-14(18)15-9-8-12(3)4/h12-13,16H,6-11H2,1-5H3,(H,15,18). The van der Waals surface area contributed by atoms with Crippen molar-refractivity contribution < 1.29 is 4.79 Å². The molecule has 4 nitrogen and oxygen atoms in total. The number of hydrogen-bond donors (Lipinski definition) is 2. The van der Waals surface area contributed by atoms with E-state index in [-0.39, 0.29) is 5.91 Å². The first kappa shape index (κ1) is 17.4. The number of nitrogens with one attached hydrogen (secondary N) is 2. The molecule has 0 aliphatic carbocycles. The van der Waals surface area contributed by atoms with E-state index in [1.807, 2.05) is 0 Å². The lowest BCUT2D eigenvalue weighted by Gasteiger charge is -2.23. The second kappa shape index (κ2) is 10.3. The molecule has 0 aromatic carbocycles. The van der Waals surface area contributed by atoms with Crippen LogP contribution in [0.2, 0.25) is 0 Å². The maximum absolute atomic E-state index is 11.6. The van der Waals surface area contributed by atoms with E-state index in [2.05, 4.69) is 50.2 Å². The van der Waals surface area contributed by atoms with Gasteiger partial charge in [0.25, 0.3) is 0 Å². The molecule has 18 heavy (non-hydrogen) atoms. The maximum Gasteiger partial charge on any atom is 0.233 e. The summed E-state index contributed by atoms with van der Waals surface area (Å²) >= 11 is 0. The lowest BCUT2D eigenvalue weighted by atomic mass is 10.1. The molecule has 0 heterocycles. The summed E-state index contributed by atoms with van der Waals surface area (Å²) in [6.07, 6.45) is 1.04. The summed E-state index contributed by atoms with van der Waals surface area (Å²) in [6, 6.07) is 0.348. The highest BCUT2D eigenvalue weighted by Gasteiger charge is 2.08. The van der Waals surface area contributed by atoms with Crippen LogP contribution in [0.5, 0.6) is 0 Å². The third kappa shape index (κ3) is 9.42. The van der Waals surface area contributed by atoms with E-state index in [0.717, 1.165) is 32.6 Å². The Morgan fingerprint density at radius 1 is 1.17 bits per heavy atom. The maximum atomic E-state index is 11.6. The molecule has 0 spiro atoms. The summed E-state index contributed by atoms with van der Waals surface area (Å²) in [7, 11) is 0. The van der Waals surface area contributed by atoms with Crippen LogP contribution in [0, 0.1) is 5.92 Å². The Balaban J connectivity index is 3.64. The fourth-order valence-electron chi connectivity index (χ4n) is 1.76. The van der Waals surface area contributed by atoms with Gasteiger partial charge in [-0.05, 0) is 32.4 Å². The van der Waals surface area contributed by atoms with Crippen molar-refractivity contribution in [1.29, 1.82) is 0 Å². The molecule has 0 aliphatic rings. The van der Waals surface area contributed by atoms with Gasteiger partial charge in [-0.3, -0.25) is 4.79 Å². The first-order valence-electron chi connectivity index (χ1n) is 7.21. The Morgan fingerprint density at radius 2 is 1.78 bits per heavy atom. The van der Waals surface area contributed by atoms with Crippen LogP contribution in [-0.4, -0.2) is 49.6 Å². The molecule has 0 saturated heterocycles. The number of likely N-dealkylation sites (N-methyl/N-ethyl adjacent to an activating group) is 1. The molecular weight excluding hydrogens is 226 g/mol. The minimum absolute atomic E-state index is 0.0991. The number of carbonyl (C=O) groups is 1. The summed E-state index contributed by atoms with van der Waals surface area (Å²) in [6.45, 7) is 15.1. The minimum atomic E-state index is 0.0991. The molecule has 0 fully saturated rings. The van der Waals surface area contributed by atoms with Crippen molar-refractivity contribution in [2.45, 2.75) is 47.1 Å². The Hall–Kier alpha value is -0.610. The quantitative estimate of drug-likeness (QED) is 0.623. The normalized spacial score (nSPS) is 13.1. The van der Waals surface area contributed by atoms with Gasteiger partial charge in [0.1, 0.15) is 0 Å². The predicted molar refractivity (Wildman–Crippen MR) is 77.7 cm³/mol. The van der Waals surface area contributed by atoms with Gasteiger partial charge in [-0.1, -0.05) is 27.7 Å². The minimum Gasteiger partial charge on any atom is -0.355 e. The number of carbonyl (C=O) groups excluding carboxylic acids is 1. The van der Waals surface area contributed by atoms with E-state index in [9.17, 15) is 4.79 Å². The van der Waals surface area contributed by atoms with Gasteiger partial charge in [0.2, 0.25) is 5.91 Å². The summed E-state index contributed by atoms with van der Waals surface area (Å²) in [5, 5.41) is 6.20.